The fourth-order valence-corrected chi connectivity index (χ4v) is 2.01. The maximum atomic E-state index is 11.6. The van der Waals surface area contributed by atoms with Crippen LogP contribution in [0, 0.1) is 0 Å². The van der Waals surface area contributed by atoms with E-state index in [-0.39, 0.29) is 18.9 Å². The van der Waals surface area contributed by atoms with Gasteiger partial charge >= 0.3 is 0 Å². The Morgan fingerprint density at radius 3 is 2.93 bits per heavy atom. The summed E-state index contributed by atoms with van der Waals surface area (Å²) in [5.41, 5.74) is 6.52. The molecule has 15 heavy (non-hydrogen) atoms. The van der Waals surface area contributed by atoms with Crippen LogP contribution in [0.3, 0.4) is 0 Å². The molecule has 1 aromatic rings. The number of primary amides is 1. The third-order valence-corrected chi connectivity index (χ3v) is 2.60. The fourth-order valence-electron chi connectivity index (χ4n) is 1.71. The van der Waals surface area contributed by atoms with Crippen LogP contribution in [-0.2, 0) is 16.0 Å². The van der Waals surface area contributed by atoms with Gasteiger partial charge in [0.1, 0.15) is 6.54 Å². The first kappa shape index (κ1) is 9.98. The van der Waals surface area contributed by atoms with Gasteiger partial charge in [0.15, 0.2) is 0 Å². The van der Waals surface area contributed by atoms with Crippen LogP contribution in [-0.4, -0.2) is 18.4 Å². The molecule has 1 aliphatic rings. The minimum atomic E-state index is -0.545. The number of nitrogens with two attached hydrogens (primary N) is 1. The Kier molecular flexibility index (Phi) is 2.36. The van der Waals surface area contributed by atoms with Crippen molar-refractivity contribution in [3.8, 4) is 0 Å². The lowest BCUT2D eigenvalue weighted by molar-refractivity contribution is -0.121. The molecule has 0 spiro atoms. The summed E-state index contributed by atoms with van der Waals surface area (Å²) in [6, 6.07) is 5.29. The van der Waals surface area contributed by atoms with Crippen molar-refractivity contribution in [1.29, 1.82) is 0 Å². The highest BCUT2D eigenvalue weighted by Crippen LogP contribution is 2.35. The number of carbonyl (C=O) groups excluding carboxylic acids is 2. The van der Waals surface area contributed by atoms with Crippen LogP contribution in [0.2, 0.25) is 5.02 Å². The molecule has 0 saturated heterocycles. The topological polar surface area (TPSA) is 63.4 Å². The molecule has 4 nitrogen and oxygen atoms in total. The molecular formula is C10H9ClN2O2. The zero-order valence-corrected chi connectivity index (χ0v) is 8.62. The lowest BCUT2D eigenvalue weighted by Gasteiger charge is -2.16. The van der Waals surface area contributed by atoms with Crippen LogP contribution in [0.5, 0.6) is 0 Å². The number of nitrogens with zero attached hydrogens (tertiary/aromatic N) is 1. The van der Waals surface area contributed by atoms with Gasteiger partial charge in [-0.15, -0.1) is 0 Å². The van der Waals surface area contributed by atoms with Crippen LogP contribution in [0.25, 0.3) is 0 Å². The van der Waals surface area contributed by atoms with Crippen molar-refractivity contribution in [2.24, 2.45) is 5.73 Å². The third kappa shape index (κ3) is 1.68. The van der Waals surface area contributed by atoms with Gasteiger partial charge in [-0.25, -0.2) is 0 Å². The monoisotopic (exact) mass is 224 g/mol. The summed E-state index contributed by atoms with van der Waals surface area (Å²) in [4.78, 5) is 23.7. The first-order valence-electron chi connectivity index (χ1n) is 4.45. The molecule has 0 atom stereocenters. The van der Waals surface area contributed by atoms with E-state index in [4.69, 9.17) is 17.3 Å². The van der Waals surface area contributed by atoms with E-state index >= 15 is 0 Å². The Balaban J connectivity index is 2.44. The Labute approximate surface area is 91.6 Å². The second-order valence-electron chi connectivity index (χ2n) is 3.37. The smallest absolute Gasteiger partial charge is 0.237 e. The summed E-state index contributed by atoms with van der Waals surface area (Å²) in [5, 5.41) is 0.472. The van der Waals surface area contributed by atoms with Gasteiger partial charge in [0.25, 0.3) is 0 Å². The van der Waals surface area contributed by atoms with Crippen LogP contribution in [0.15, 0.2) is 18.2 Å². The van der Waals surface area contributed by atoms with Gasteiger partial charge in [-0.2, -0.15) is 0 Å². The SMILES string of the molecule is NC(=O)CN1C(=O)Cc2cccc(Cl)c21. The van der Waals surface area contributed by atoms with E-state index in [1.165, 1.54) is 4.90 Å². The first-order valence-corrected chi connectivity index (χ1v) is 4.83. The molecule has 0 radical (unpaired) electrons. The number of hydrogen-bond donors (Lipinski definition) is 1. The summed E-state index contributed by atoms with van der Waals surface area (Å²) >= 11 is 5.97. The second-order valence-corrected chi connectivity index (χ2v) is 3.78. The van der Waals surface area contributed by atoms with E-state index in [0.29, 0.717) is 10.7 Å². The number of carbonyl (C=O) groups is 2. The van der Waals surface area contributed by atoms with E-state index in [9.17, 15) is 9.59 Å². The van der Waals surface area contributed by atoms with E-state index in [2.05, 4.69) is 0 Å². The minimum Gasteiger partial charge on any atom is -0.368 e. The van der Waals surface area contributed by atoms with Crippen molar-refractivity contribution in [1.82, 2.24) is 0 Å². The largest absolute Gasteiger partial charge is 0.368 e. The van der Waals surface area contributed by atoms with Crippen molar-refractivity contribution >= 4 is 29.1 Å². The van der Waals surface area contributed by atoms with Crippen molar-refractivity contribution in [3.05, 3.63) is 28.8 Å². The number of halogens is 1. The number of para-hydroxylation sites is 1. The molecule has 1 aromatic carbocycles. The Morgan fingerprint density at radius 1 is 1.53 bits per heavy atom. The maximum Gasteiger partial charge on any atom is 0.237 e. The van der Waals surface area contributed by atoms with Crippen LogP contribution in [0.4, 0.5) is 5.69 Å². The normalized spacial score (nSPS) is 14.2. The third-order valence-electron chi connectivity index (χ3n) is 2.30. The summed E-state index contributed by atoms with van der Waals surface area (Å²) in [6.45, 7) is -0.116. The molecule has 78 valence electrons. The molecule has 1 aliphatic heterocycles. The van der Waals surface area contributed by atoms with Gasteiger partial charge in [0.05, 0.1) is 17.1 Å². The fraction of sp³-hybridized carbons (Fsp3) is 0.200. The summed E-state index contributed by atoms with van der Waals surface area (Å²) in [7, 11) is 0. The lowest BCUT2D eigenvalue weighted by Crippen LogP contribution is -2.36. The highest BCUT2D eigenvalue weighted by atomic mass is 35.5. The van der Waals surface area contributed by atoms with Crippen molar-refractivity contribution in [2.45, 2.75) is 6.42 Å². The molecule has 0 aliphatic carbocycles. The molecule has 0 fully saturated rings. The molecule has 2 N–H and O–H groups in total. The van der Waals surface area contributed by atoms with E-state index in [1.807, 2.05) is 6.07 Å². The van der Waals surface area contributed by atoms with Crippen LogP contribution >= 0.6 is 11.6 Å². The van der Waals surface area contributed by atoms with Crippen molar-refractivity contribution < 1.29 is 9.59 Å². The van der Waals surface area contributed by atoms with E-state index < -0.39 is 5.91 Å². The van der Waals surface area contributed by atoms with Crippen molar-refractivity contribution in [2.75, 3.05) is 11.4 Å². The van der Waals surface area contributed by atoms with Gasteiger partial charge in [0, 0.05) is 0 Å². The average Bonchev–Trinajstić information content (AvgIpc) is 2.43. The molecule has 2 amide bonds. The number of fused-ring (bicyclic) bond motifs is 1. The maximum absolute atomic E-state index is 11.6. The second kappa shape index (κ2) is 3.55. The zero-order chi connectivity index (χ0) is 11.0. The number of hydrogen-bond acceptors (Lipinski definition) is 2. The highest BCUT2D eigenvalue weighted by Gasteiger charge is 2.29. The predicted octanol–water partition coefficient (Wildman–Crippen LogP) is 0.714. The summed E-state index contributed by atoms with van der Waals surface area (Å²) < 4.78 is 0. The van der Waals surface area contributed by atoms with Gasteiger partial charge in [0.2, 0.25) is 11.8 Å². The number of anilines is 1. The quantitative estimate of drug-likeness (QED) is 0.804. The standard InChI is InChI=1S/C10H9ClN2O2/c11-7-3-1-2-6-4-9(15)13(10(6)7)5-8(12)14/h1-3H,4-5H2,(H2,12,14). The van der Waals surface area contributed by atoms with Gasteiger partial charge in [-0.3, -0.25) is 9.59 Å². The molecule has 1 heterocycles. The van der Waals surface area contributed by atoms with E-state index in [0.717, 1.165) is 5.56 Å². The Bertz CT molecular complexity index is 445. The molecule has 0 bridgehead atoms. The summed E-state index contributed by atoms with van der Waals surface area (Å²) in [6.07, 6.45) is 0.281. The van der Waals surface area contributed by atoms with Gasteiger partial charge < -0.3 is 10.6 Å². The van der Waals surface area contributed by atoms with Crippen molar-refractivity contribution in [3.63, 3.8) is 0 Å². The van der Waals surface area contributed by atoms with Crippen LogP contribution < -0.4 is 10.6 Å². The zero-order valence-electron chi connectivity index (χ0n) is 7.87. The summed E-state index contributed by atoms with van der Waals surface area (Å²) in [5.74, 6) is -0.687. The molecule has 2 rings (SSSR count). The lowest BCUT2D eigenvalue weighted by atomic mass is 10.2. The molecule has 0 unspecified atom stereocenters. The van der Waals surface area contributed by atoms with Gasteiger partial charge in [-0.05, 0) is 11.6 Å². The molecule has 0 aromatic heterocycles. The van der Waals surface area contributed by atoms with Crippen LogP contribution in [0.1, 0.15) is 5.56 Å². The minimum absolute atomic E-state index is 0.116. The molecular weight excluding hydrogens is 216 g/mol. The molecule has 0 saturated carbocycles. The highest BCUT2D eigenvalue weighted by molar-refractivity contribution is 6.34. The predicted molar refractivity (Wildman–Crippen MR) is 56.7 cm³/mol. The number of amides is 2. The van der Waals surface area contributed by atoms with E-state index in [1.54, 1.807) is 12.1 Å². The number of benzene rings is 1. The Hall–Kier alpha value is -1.55. The Morgan fingerprint density at radius 2 is 2.27 bits per heavy atom. The molecule has 5 heteroatoms. The van der Waals surface area contributed by atoms with Gasteiger partial charge in [-0.1, -0.05) is 23.7 Å². The first-order chi connectivity index (χ1) is 7.09. The number of rotatable bonds is 2. The average molecular weight is 225 g/mol.